The second-order valence-electron chi connectivity index (χ2n) is 7.46. The molecule has 0 bridgehead atoms. The number of hydrogen-bond donors (Lipinski definition) is 2. The average molecular weight is 451 g/mol. The van der Waals surface area contributed by atoms with Crippen molar-refractivity contribution in [3.05, 3.63) is 101 Å². The first-order valence-electron chi connectivity index (χ1n) is 10.0. The third-order valence-corrected chi connectivity index (χ3v) is 5.26. The van der Waals surface area contributed by atoms with Crippen molar-refractivity contribution in [3.63, 3.8) is 0 Å². The van der Waals surface area contributed by atoms with Crippen molar-refractivity contribution in [3.8, 4) is 0 Å². The molecule has 2 unspecified atom stereocenters. The van der Waals surface area contributed by atoms with Gasteiger partial charge in [0.15, 0.2) is 12.1 Å². The van der Waals surface area contributed by atoms with Crippen LogP contribution in [0, 0.1) is 11.6 Å². The first-order chi connectivity index (χ1) is 15.8. The van der Waals surface area contributed by atoms with Crippen molar-refractivity contribution in [1.82, 2.24) is 4.90 Å². The van der Waals surface area contributed by atoms with Gasteiger partial charge >= 0.3 is 6.09 Å². The monoisotopic (exact) mass is 451 g/mol. The maximum absolute atomic E-state index is 13.8. The van der Waals surface area contributed by atoms with Crippen LogP contribution in [0.3, 0.4) is 0 Å². The molecule has 1 fully saturated rings. The Morgan fingerprint density at radius 3 is 2.27 bits per heavy atom. The SMILES string of the molecule is NC(=O)C1C(c2ccc(NC(=O)c3ccccc3F)cc2)OC(=O)N1Cc1ccc(F)cc1. The molecule has 3 N–H and O–H groups in total. The van der Waals surface area contributed by atoms with E-state index in [4.69, 9.17) is 10.5 Å². The Kier molecular flexibility index (Phi) is 6.03. The van der Waals surface area contributed by atoms with Gasteiger partial charge in [-0.1, -0.05) is 36.4 Å². The van der Waals surface area contributed by atoms with E-state index in [9.17, 15) is 23.2 Å². The fraction of sp³-hybridized carbons (Fsp3) is 0.125. The number of ether oxygens (including phenoxy) is 1. The molecule has 2 atom stereocenters. The van der Waals surface area contributed by atoms with Crippen LogP contribution >= 0.6 is 0 Å². The molecule has 3 aromatic rings. The lowest BCUT2D eigenvalue weighted by molar-refractivity contribution is -0.123. The van der Waals surface area contributed by atoms with Gasteiger partial charge in [0.25, 0.3) is 5.91 Å². The molecule has 1 aliphatic rings. The zero-order valence-electron chi connectivity index (χ0n) is 17.2. The first-order valence-corrected chi connectivity index (χ1v) is 10.0. The van der Waals surface area contributed by atoms with Gasteiger partial charge in [-0.05, 0) is 47.5 Å². The minimum Gasteiger partial charge on any atom is -0.438 e. The number of nitrogens with two attached hydrogens (primary N) is 1. The topological polar surface area (TPSA) is 102 Å². The molecule has 7 nitrogen and oxygen atoms in total. The number of nitrogens with zero attached hydrogens (tertiary/aromatic N) is 1. The number of anilines is 1. The molecule has 0 spiro atoms. The van der Waals surface area contributed by atoms with Gasteiger partial charge in [-0.3, -0.25) is 14.5 Å². The second-order valence-corrected chi connectivity index (χ2v) is 7.46. The van der Waals surface area contributed by atoms with E-state index in [0.29, 0.717) is 16.8 Å². The van der Waals surface area contributed by atoms with Gasteiger partial charge in [0.1, 0.15) is 11.6 Å². The molecule has 0 radical (unpaired) electrons. The summed E-state index contributed by atoms with van der Waals surface area (Å²) >= 11 is 0. The van der Waals surface area contributed by atoms with Crippen LogP contribution in [-0.2, 0) is 16.1 Å². The lowest BCUT2D eigenvalue weighted by Gasteiger charge is -2.22. The normalized spacial score (nSPS) is 17.5. The molecule has 33 heavy (non-hydrogen) atoms. The highest BCUT2D eigenvalue weighted by atomic mass is 19.1. The quantitative estimate of drug-likeness (QED) is 0.596. The molecule has 1 saturated heterocycles. The van der Waals surface area contributed by atoms with Gasteiger partial charge in [-0.2, -0.15) is 0 Å². The van der Waals surface area contributed by atoms with Crippen LogP contribution in [-0.4, -0.2) is 28.8 Å². The van der Waals surface area contributed by atoms with Crippen LogP contribution in [0.5, 0.6) is 0 Å². The van der Waals surface area contributed by atoms with E-state index < -0.39 is 41.7 Å². The Bertz CT molecular complexity index is 1200. The molecule has 9 heteroatoms. The van der Waals surface area contributed by atoms with E-state index >= 15 is 0 Å². The predicted molar refractivity (Wildman–Crippen MR) is 115 cm³/mol. The van der Waals surface area contributed by atoms with Crippen molar-refractivity contribution in [1.29, 1.82) is 0 Å². The van der Waals surface area contributed by atoms with Gasteiger partial charge in [0, 0.05) is 5.69 Å². The van der Waals surface area contributed by atoms with Gasteiger partial charge in [0.05, 0.1) is 12.1 Å². The van der Waals surface area contributed by atoms with Crippen LogP contribution < -0.4 is 11.1 Å². The molecule has 0 aromatic heterocycles. The Hall–Kier alpha value is -4.27. The summed E-state index contributed by atoms with van der Waals surface area (Å²) in [5.74, 6) is -2.44. The molecule has 168 valence electrons. The molecule has 0 aliphatic carbocycles. The minimum absolute atomic E-state index is 0.0139. The van der Waals surface area contributed by atoms with E-state index in [0.717, 1.165) is 0 Å². The highest BCUT2D eigenvalue weighted by Gasteiger charge is 2.46. The molecular weight excluding hydrogens is 432 g/mol. The molecule has 4 rings (SSSR count). The zero-order chi connectivity index (χ0) is 23.5. The van der Waals surface area contributed by atoms with Crippen molar-refractivity contribution in [2.24, 2.45) is 5.73 Å². The minimum atomic E-state index is -1.08. The van der Waals surface area contributed by atoms with Crippen LogP contribution in [0.1, 0.15) is 27.6 Å². The van der Waals surface area contributed by atoms with Crippen LogP contribution in [0.4, 0.5) is 19.3 Å². The molecule has 0 saturated carbocycles. The number of hydrogen-bond acceptors (Lipinski definition) is 4. The third kappa shape index (κ3) is 4.67. The molecule has 1 heterocycles. The Morgan fingerprint density at radius 1 is 0.970 bits per heavy atom. The number of rotatable bonds is 6. The van der Waals surface area contributed by atoms with Gasteiger partial charge < -0.3 is 15.8 Å². The maximum Gasteiger partial charge on any atom is 0.411 e. The molecule has 3 aromatic carbocycles. The number of cyclic esters (lactones) is 1. The summed E-state index contributed by atoms with van der Waals surface area (Å²) in [6.45, 7) is 0.0139. The Labute approximate surface area is 187 Å². The lowest BCUT2D eigenvalue weighted by atomic mass is 10.0. The van der Waals surface area contributed by atoms with Gasteiger partial charge in [-0.25, -0.2) is 13.6 Å². The van der Waals surface area contributed by atoms with Crippen molar-refractivity contribution >= 4 is 23.6 Å². The highest BCUT2D eigenvalue weighted by Crippen LogP contribution is 2.34. The highest BCUT2D eigenvalue weighted by molar-refractivity contribution is 6.04. The summed E-state index contributed by atoms with van der Waals surface area (Å²) in [7, 11) is 0. The predicted octanol–water partition coefficient (Wildman–Crippen LogP) is 3.76. The second kappa shape index (κ2) is 9.07. The van der Waals surface area contributed by atoms with Crippen molar-refractivity contribution in [2.75, 3.05) is 5.32 Å². The number of amides is 3. The van der Waals surface area contributed by atoms with Crippen LogP contribution in [0.2, 0.25) is 0 Å². The standard InChI is InChI=1S/C24H19F2N3O4/c25-16-9-5-14(6-10-16)13-29-20(22(27)30)21(33-24(29)32)15-7-11-17(12-8-15)28-23(31)18-3-1-2-4-19(18)26/h1-12,20-21H,13H2,(H2,27,30)(H,28,31). The Balaban J connectivity index is 1.51. The number of nitrogens with one attached hydrogen (secondary N) is 1. The van der Waals surface area contributed by atoms with Crippen molar-refractivity contribution < 1.29 is 27.9 Å². The smallest absolute Gasteiger partial charge is 0.411 e. The lowest BCUT2D eigenvalue weighted by Crippen LogP contribution is -2.43. The summed E-state index contributed by atoms with van der Waals surface area (Å²) in [5.41, 5.74) is 6.94. The summed E-state index contributed by atoms with van der Waals surface area (Å²) in [5, 5.41) is 2.59. The fourth-order valence-electron chi connectivity index (χ4n) is 3.62. The van der Waals surface area contributed by atoms with Crippen molar-refractivity contribution in [2.45, 2.75) is 18.7 Å². The number of benzene rings is 3. The number of carbonyl (C=O) groups is 3. The van der Waals surface area contributed by atoms with Crippen LogP contribution in [0.25, 0.3) is 0 Å². The average Bonchev–Trinajstić information content (AvgIpc) is 3.12. The first kappa shape index (κ1) is 21.9. The Morgan fingerprint density at radius 2 is 1.64 bits per heavy atom. The van der Waals surface area contributed by atoms with Gasteiger partial charge in [0.2, 0.25) is 5.91 Å². The van der Waals surface area contributed by atoms with Gasteiger partial charge in [-0.15, -0.1) is 0 Å². The molecule has 3 amide bonds. The summed E-state index contributed by atoms with van der Waals surface area (Å²) in [6.07, 6.45) is -1.70. The summed E-state index contributed by atoms with van der Waals surface area (Å²) in [4.78, 5) is 38.1. The number of halogens is 2. The number of primary amides is 1. The van der Waals surface area contributed by atoms with Crippen LogP contribution in [0.15, 0.2) is 72.8 Å². The van der Waals surface area contributed by atoms with E-state index in [1.165, 1.54) is 47.4 Å². The van der Waals surface area contributed by atoms with E-state index in [1.807, 2.05) is 0 Å². The molecular formula is C24H19F2N3O4. The summed E-state index contributed by atoms with van der Waals surface area (Å²) in [6, 6.07) is 16.3. The zero-order valence-corrected chi connectivity index (χ0v) is 17.2. The third-order valence-electron chi connectivity index (χ3n) is 5.26. The maximum atomic E-state index is 13.8. The largest absolute Gasteiger partial charge is 0.438 e. The number of carbonyl (C=O) groups excluding carboxylic acids is 3. The summed E-state index contributed by atoms with van der Waals surface area (Å²) < 4.78 is 32.4. The van der Waals surface area contributed by atoms with E-state index in [1.54, 1.807) is 30.3 Å². The van der Waals surface area contributed by atoms with E-state index in [2.05, 4.69) is 5.32 Å². The fourth-order valence-corrected chi connectivity index (χ4v) is 3.62. The van der Waals surface area contributed by atoms with E-state index in [-0.39, 0.29) is 12.1 Å². The molecule has 1 aliphatic heterocycles.